The highest BCUT2D eigenvalue weighted by atomic mass is 32.1. The summed E-state index contributed by atoms with van der Waals surface area (Å²) in [6.07, 6.45) is 2.17. The van der Waals surface area contributed by atoms with Crippen molar-refractivity contribution in [2.24, 2.45) is 28.6 Å². The van der Waals surface area contributed by atoms with E-state index < -0.39 is 35.6 Å². The van der Waals surface area contributed by atoms with Crippen molar-refractivity contribution in [1.29, 1.82) is 0 Å². The Morgan fingerprint density at radius 1 is 1.23 bits per heavy atom. The van der Waals surface area contributed by atoms with Crippen LogP contribution in [0.5, 0.6) is 0 Å². The average molecular weight is 566 g/mol. The van der Waals surface area contributed by atoms with Crippen molar-refractivity contribution in [3.8, 4) is 0 Å². The number of esters is 1. The molecule has 1 saturated heterocycles. The molecular weight excluding hydrogens is 518 g/mol. The number of ether oxygens (including phenoxy) is 1. The molecule has 1 aromatic rings. The highest BCUT2D eigenvalue weighted by Crippen LogP contribution is 2.58. The first-order valence-electron chi connectivity index (χ1n) is 14.1. The van der Waals surface area contributed by atoms with E-state index in [1.807, 2.05) is 26.8 Å². The second-order valence-corrected chi connectivity index (χ2v) is 13.3. The average Bonchev–Trinajstić information content (AvgIpc) is 3.18. The molecule has 2 heterocycles. The Labute approximate surface area is 236 Å². The van der Waals surface area contributed by atoms with Gasteiger partial charge in [0.25, 0.3) is 0 Å². The zero-order valence-electron chi connectivity index (χ0n) is 24.4. The Kier molecular flexibility index (Phi) is 10.5. The molecule has 8 atom stereocenters. The fourth-order valence-electron chi connectivity index (χ4n) is 6.23. The molecule has 4 N–H and O–H groups in total. The lowest BCUT2D eigenvalue weighted by molar-refractivity contribution is -0.154. The number of carbonyl (C=O) groups excluding carboxylic acids is 2. The molecule has 39 heavy (non-hydrogen) atoms. The Bertz CT molecular complexity index is 1040. The minimum absolute atomic E-state index is 0.0388. The summed E-state index contributed by atoms with van der Waals surface area (Å²) in [4.78, 5) is 27.4. The summed E-state index contributed by atoms with van der Waals surface area (Å²) in [6, 6.07) is 0.159. The number of aryl methyl sites for hydroxylation is 1. The first-order chi connectivity index (χ1) is 18.2. The molecule has 0 radical (unpaired) electrons. The van der Waals surface area contributed by atoms with Gasteiger partial charge in [0.1, 0.15) is 11.9 Å². The number of hydrogen-bond donors (Lipinski definition) is 4. The lowest BCUT2D eigenvalue weighted by Gasteiger charge is -2.34. The van der Waals surface area contributed by atoms with Gasteiger partial charge in [0, 0.05) is 18.5 Å². The summed E-state index contributed by atoms with van der Waals surface area (Å²) in [5, 5.41) is 39.0. The summed E-state index contributed by atoms with van der Waals surface area (Å²) in [7, 11) is 0. The van der Waals surface area contributed by atoms with E-state index in [1.54, 1.807) is 20.8 Å². The first kappa shape index (κ1) is 31.8. The fourth-order valence-corrected chi connectivity index (χ4v) is 6.89. The number of aliphatic hydroxyl groups is 3. The van der Waals surface area contributed by atoms with E-state index in [2.05, 4.69) is 21.8 Å². The summed E-state index contributed by atoms with van der Waals surface area (Å²) in [5.74, 6) is -1.39. The number of carbonyl (C=O) groups is 2. The van der Waals surface area contributed by atoms with E-state index in [-0.39, 0.29) is 42.1 Å². The summed E-state index contributed by atoms with van der Waals surface area (Å²) >= 11 is 1.28. The van der Waals surface area contributed by atoms with E-state index in [0.717, 1.165) is 35.4 Å². The van der Waals surface area contributed by atoms with Crippen molar-refractivity contribution in [1.82, 2.24) is 14.9 Å². The van der Waals surface area contributed by atoms with Gasteiger partial charge in [-0.2, -0.15) is 0 Å². The van der Waals surface area contributed by atoms with E-state index in [4.69, 9.17) is 4.74 Å². The van der Waals surface area contributed by atoms with Gasteiger partial charge >= 0.3 is 5.97 Å². The minimum atomic E-state index is -1.25. The van der Waals surface area contributed by atoms with Crippen LogP contribution in [-0.4, -0.2) is 74.2 Å². The molecule has 220 valence electrons. The summed E-state index contributed by atoms with van der Waals surface area (Å²) in [6.45, 7) is 13.5. The van der Waals surface area contributed by atoms with Crippen molar-refractivity contribution in [2.45, 2.75) is 105 Å². The number of nitrogens with zero attached hydrogens (tertiary/aromatic N) is 2. The molecule has 3 unspecified atom stereocenters. The number of cyclic esters (lactones) is 1. The van der Waals surface area contributed by atoms with Gasteiger partial charge < -0.3 is 25.4 Å². The standard InChI is InChI=1S/C29H47N3O6S/c1-16-9-8-10-29(7)20(26(29)30-11-12-33)14-21(17(2)13-22-19(4)31-32-39-22)38-24(35)15-23(34)28(5,6)27(37)18(3)25(16)36/h13,16,18,20-21,23,25-26,30,33-34,36H,8-12,14-15H2,1-7H3/b17-13+/t16-,18+,20?,21-,23-,25?,26?,29+/m0/s1. The number of rotatable bonds is 5. The zero-order chi connectivity index (χ0) is 29.1. The predicted octanol–water partition coefficient (Wildman–Crippen LogP) is 3.30. The third-order valence-corrected chi connectivity index (χ3v) is 10.1. The number of aliphatic hydroxyl groups excluding tert-OH is 3. The van der Waals surface area contributed by atoms with E-state index in [9.17, 15) is 24.9 Å². The van der Waals surface area contributed by atoms with Gasteiger partial charge in [-0.15, -0.1) is 5.10 Å². The Morgan fingerprint density at radius 2 is 1.92 bits per heavy atom. The topological polar surface area (TPSA) is 142 Å². The van der Waals surface area contributed by atoms with Crippen LogP contribution in [0.1, 0.15) is 84.2 Å². The van der Waals surface area contributed by atoms with Crippen LogP contribution in [0.4, 0.5) is 0 Å². The van der Waals surface area contributed by atoms with Crippen molar-refractivity contribution in [3.63, 3.8) is 0 Å². The molecular formula is C29H47N3O6S. The smallest absolute Gasteiger partial charge is 0.309 e. The van der Waals surface area contributed by atoms with Crippen molar-refractivity contribution < 1.29 is 29.6 Å². The van der Waals surface area contributed by atoms with Gasteiger partial charge in [0.2, 0.25) is 0 Å². The third kappa shape index (κ3) is 7.14. The third-order valence-electron chi connectivity index (χ3n) is 9.33. The SMILES string of the molecule is C/C(=C\c1snnc1C)[C@@H]1CC2C(NCCO)[C@]2(C)CCC[C@H](C)C(O)[C@@H](C)C(=O)C(C)(C)[C@@H](O)CC(=O)O1. The molecule has 0 bridgehead atoms. The minimum Gasteiger partial charge on any atom is -0.458 e. The molecule has 10 heteroatoms. The number of hydrogen-bond acceptors (Lipinski definition) is 10. The Morgan fingerprint density at radius 3 is 2.54 bits per heavy atom. The van der Waals surface area contributed by atoms with Crippen LogP contribution in [-0.2, 0) is 14.3 Å². The lowest BCUT2D eigenvalue weighted by atomic mass is 9.73. The van der Waals surface area contributed by atoms with E-state index in [1.165, 1.54) is 11.5 Å². The molecule has 1 aromatic heterocycles. The van der Waals surface area contributed by atoms with Crippen LogP contribution in [0, 0.1) is 35.5 Å². The molecule has 0 spiro atoms. The predicted molar refractivity (Wildman–Crippen MR) is 151 cm³/mol. The summed E-state index contributed by atoms with van der Waals surface area (Å²) in [5.41, 5.74) is 0.381. The number of ketones is 1. The van der Waals surface area contributed by atoms with Gasteiger partial charge in [-0.25, -0.2) is 0 Å². The van der Waals surface area contributed by atoms with Crippen LogP contribution in [0.3, 0.4) is 0 Å². The molecule has 3 rings (SSSR count). The van der Waals surface area contributed by atoms with Gasteiger partial charge in [0.05, 0.1) is 41.2 Å². The maximum atomic E-state index is 13.3. The molecule has 0 aromatic carbocycles. The summed E-state index contributed by atoms with van der Waals surface area (Å²) < 4.78 is 10.0. The monoisotopic (exact) mass is 565 g/mol. The molecule has 9 nitrogen and oxygen atoms in total. The fraction of sp³-hybridized carbons (Fsp3) is 0.793. The second-order valence-electron chi connectivity index (χ2n) is 12.5. The van der Waals surface area contributed by atoms with Crippen LogP contribution < -0.4 is 5.32 Å². The maximum absolute atomic E-state index is 13.3. The van der Waals surface area contributed by atoms with Crippen molar-refractivity contribution in [2.75, 3.05) is 13.2 Å². The van der Waals surface area contributed by atoms with E-state index in [0.29, 0.717) is 13.0 Å². The Hall–Kier alpha value is -1.72. The lowest BCUT2D eigenvalue weighted by Crippen LogP contribution is -2.45. The maximum Gasteiger partial charge on any atom is 0.309 e. The molecule has 1 aliphatic heterocycles. The molecule has 0 amide bonds. The molecule has 2 aliphatic rings. The highest BCUT2D eigenvalue weighted by molar-refractivity contribution is 7.06. The normalized spacial score (nSPS) is 36.8. The van der Waals surface area contributed by atoms with Crippen LogP contribution in [0.25, 0.3) is 6.08 Å². The second kappa shape index (κ2) is 12.9. The molecule has 1 saturated carbocycles. The number of aromatic nitrogens is 2. The Balaban J connectivity index is 1.94. The van der Waals surface area contributed by atoms with Crippen LogP contribution >= 0.6 is 11.5 Å². The quantitative estimate of drug-likeness (QED) is 0.396. The number of nitrogens with one attached hydrogen (secondary N) is 1. The van der Waals surface area contributed by atoms with Crippen LogP contribution in [0.15, 0.2) is 5.57 Å². The van der Waals surface area contributed by atoms with Gasteiger partial charge in [-0.3, -0.25) is 9.59 Å². The van der Waals surface area contributed by atoms with Gasteiger partial charge in [-0.05, 0) is 73.5 Å². The van der Waals surface area contributed by atoms with Crippen LogP contribution in [0.2, 0.25) is 0 Å². The first-order valence-corrected chi connectivity index (χ1v) is 14.9. The largest absolute Gasteiger partial charge is 0.458 e. The zero-order valence-corrected chi connectivity index (χ0v) is 25.3. The van der Waals surface area contributed by atoms with Crippen molar-refractivity contribution in [3.05, 3.63) is 16.1 Å². The van der Waals surface area contributed by atoms with E-state index >= 15 is 0 Å². The number of fused-ring (bicyclic) bond motifs is 1. The van der Waals surface area contributed by atoms with Crippen molar-refractivity contribution >= 4 is 29.4 Å². The molecule has 1 aliphatic carbocycles. The van der Waals surface area contributed by atoms with Gasteiger partial charge in [-0.1, -0.05) is 45.5 Å². The molecule has 2 fully saturated rings. The highest BCUT2D eigenvalue weighted by Gasteiger charge is 2.60. The van der Waals surface area contributed by atoms with Gasteiger partial charge in [0.15, 0.2) is 0 Å². The number of Topliss-reactive ketones (excluding diaryl/α,β-unsaturated/α-hetero) is 1.